The number of hydrogen-bond donors (Lipinski definition) is 0. The van der Waals surface area contributed by atoms with Gasteiger partial charge in [-0.15, -0.1) is 0 Å². The molecule has 1 heterocycles. The van der Waals surface area contributed by atoms with E-state index in [2.05, 4.69) is 51.2 Å². The van der Waals surface area contributed by atoms with Crippen LogP contribution in [0.5, 0.6) is 0 Å². The summed E-state index contributed by atoms with van der Waals surface area (Å²) in [6.45, 7) is 3.76. The molecule has 0 aliphatic carbocycles. The van der Waals surface area contributed by atoms with Crippen molar-refractivity contribution in [1.29, 1.82) is 0 Å². The Labute approximate surface area is 99.4 Å². The van der Waals surface area contributed by atoms with Crippen LogP contribution in [0.4, 0.5) is 0 Å². The maximum Gasteiger partial charge on any atom is 0.0630 e. The van der Waals surface area contributed by atoms with E-state index in [1.165, 1.54) is 5.56 Å². The van der Waals surface area contributed by atoms with Gasteiger partial charge in [0.15, 0.2) is 0 Å². The first kappa shape index (κ1) is 11.1. The Morgan fingerprint density at radius 2 is 2.13 bits per heavy atom. The fraction of sp³-hybridized carbons (Fsp3) is 0.500. The van der Waals surface area contributed by atoms with E-state index in [1.54, 1.807) is 0 Å². The van der Waals surface area contributed by atoms with Gasteiger partial charge in [-0.3, -0.25) is 4.90 Å². The molecule has 0 amide bonds. The fourth-order valence-corrected chi connectivity index (χ4v) is 2.45. The first-order valence-electron chi connectivity index (χ1n) is 5.32. The number of alkyl halides is 1. The molecule has 1 saturated heterocycles. The van der Waals surface area contributed by atoms with Gasteiger partial charge in [0.05, 0.1) is 13.2 Å². The highest BCUT2D eigenvalue weighted by molar-refractivity contribution is 9.09. The largest absolute Gasteiger partial charge is 0.378 e. The van der Waals surface area contributed by atoms with Crippen LogP contribution in [-0.2, 0) is 11.3 Å². The molecule has 2 rings (SSSR count). The molecule has 1 aromatic carbocycles. The quantitative estimate of drug-likeness (QED) is 0.781. The highest BCUT2D eigenvalue weighted by Gasteiger charge is 2.21. The first-order valence-corrected chi connectivity index (χ1v) is 6.44. The summed E-state index contributed by atoms with van der Waals surface area (Å²) in [5.74, 6) is 0. The van der Waals surface area contributed by atoms with E-state index in [9.17, 15) is 0 Å². The van der Waals surface area contributed by atoms with Gasteiger partial charge in [0.25, 0.3) is 0 Å². The summed E-state index contributed by atoms with van der Waals surface area (Å²) in [5.41, 5.74) is 1.38. The van der Waals surface area contributed by atoms with Crippen molar-refractivity contribution in [3.63, 3.8) is 0 Å². The molecule has 0 radical (unpaired) electrons. The lowest BCUT2D eigenvalue weighted by Crippen LogP contribution is -2.45. The molecule has 1 fully saturated rings. The van der Waals surface area contributed by atoms with Crippen molar-refractivity contribution in [2.45, 2.75) is 12.6 Å². The molecule has 0 bridgehead atoms. The van der Waals surface area contributed by atoms with Crippen LogP contribution in [0.15, 0.2) is 30.3 Å². The zero-order chi connectivity index (χ0) is 10.5. The van der Waals surface area contributed by atoms with E-state index < -0.39 is 0 Å². The predicted molar refractivity (Wildman–Crippen MR) is 65.3 cm³/mol. The van der Waals surface area contributed by atoms with Gasteiger partial charge in [-0.25, -0.2) is 0 Å². The Morgan fingerprint density at radius 3 is 2.87 bits per heavy atom. The highest BCUT2D eigenvalue weighted by atomic mass is 79.9. The summed E-state index contributed by atoms with van der Waals surface area (Å²) in [4.78, 5) is 2.48. The van der Waals surface area contributed by atoms with Gasteiger partial charge in [0, 0.05) is 24.5 Å². The fourth-order valence-electron chi connectivity index (χ4n) is 1.86. The summed E-state index contributed by atoms with van der Waals surface area (Å²) >= 11 is 3.54. The molecule has 1 aliphatic heterocycles. The summed E-state index contributed by atoms with van der Waals surface area (Å²) in [5, 5.41) is 0.986. The van der Waals surface area contributed by atoms with Crippen LogP contribution in [0.25, 0.3) is 0 Å². The average molecular weight is 270 g/mol. The summed E-state index contributed by atoms with van der Waals surface area (Å²) in [7, 11) is 0. The Bertz CT molecular complexity index is 291. The van der Waals surface area contributed by atoms with Crippen molar-refractivity contribution in [2.24, 2.45) is 0 Å². The maximum atomic E-state index is 5.47. The van der Waals surface area contributed by atoms with E-state index in [0.717, 1.165) is 31.6 Å². The van der Waals surface area contributed by atoms with Crippen LogP contribution in [0.2, 0.25) is 0 Å². The molecule has 0 spiro atoms. The number of benzene rings is 1. The summed E-state index contributed by atoms with van der Waals surface area (Å²) in [6.07, 6.45) is 0. The second-order valence-electron chi connectivity index (χ2n) is 3.84. The van der Waals surface area contributed by atoms with Crippen LogP contribution >= 0.6 is 15.9 Å². The lowest BCUT2D eigenvalue weighted by Gasteiger charge is -2.34. The number of rotatable bonds is 3. The normalized spacial score (nSPS) is 22.9. The third-order valence-electron chi connectivity index (χ3n) is 2.76. The van der Waals surface area contributed by atoms with Gasteiger partial charge in [-0.1, -0.05) is 46.3 Å². The van der Waals surface area contributed by atoms with Crippen molar-refractivity contribution in [2.75, 3.05) is 25.1 Å². The molecule has 2 nitrogen and oxygen atoms in total. The third kappa shape index (κ3) is 3.03. The molecule has 15 heavy (non-hydrogen) atoms. The first-order chi connectivity index (χ1) is 7.40. The highest BCUT2D eigenvalue weighted by Crippen LogP contribution is 2.13. The lowest BCUT2D eigenvalue weighted by molar-refractivity contribution is -0.00212. The number of nitrogens with zero attached hydrogens (tertiary/aromatic N) is 1. The Balaban J connectivity index is 1.97. The minimum Gasteiger partial charge on any atom is -0.378 e. The lowest BCUT2D eigenvalue weighted by atomic mass is 10.1. The Kier molecular flexibility index (Phi) is 4.18. The molecular formula is C12H16BrNO. The number of ether oxygens (including phenoxy) is 1. The predicted octanol–water partition coefficient (Wildman–Crippen LogP) is 2.28. The summed E-state index contributed by atoms with van der Waals surface area (Å²) < 4.78 is 5.47. The molecule has 1 aliphatic rings. The van der Waals surface area contributed by atoms with Gasteiger partial charge in [0.2, 0.25) is 0 Å². The Hall–Kier alpha value is -0.380. The van der Waals surface area contributed by atoms with Gasteiger partial charge in [0.1, 0.15) is 0 Å². The van der Waals surface area contributed by atoms with Gasteiger partial charge in [-0.2, -0.15) is 0 Å². The van der Waals surface area contributed by atoms with Crippen molar-refractivity contribution >= 4 is 15.9 Å². The molecule has 1 aromatic rings. The molecular weight excluding hydrogens is 254 g/mol. The van der Waals surface area contributed by atoms with E-state index in [0.29, 0.717) is 6.04 Å². The van der Waals surface area contributed by atoms with Gasteiger partial charge < -0.3 is 4.74 Å². The summed E-state index contributed by atoms with van der Waals surface area (Å²) in [6, 6.07) is 11.1. The van der Waals surface area contributed by atoms with E-state index in [4.69, 9.17) is 4.74 Å². The van der Waals surface area contributed by atoms with Gasteiger partial charge >= 0.3 is 0 Å². The van der Waals surface area contributed by atoms with Crippen LogP contribution in [0, 0.1) is 0 Å². The van der Waals surface area contributed by atoms with Crippen molar-refractivity contribution in [3.8, 4) is 0 Å². The molecule has 82 valence electrons. The Morgan fingerprint density at radius 1 is 1.33 bits per heavy atom. The minimum absolute atomic E-state index is 0.513. The van der Waals surface area contributed by atoms with Crippen LogP contribution in [-0.4, -0.2) is 36.0 Å². The number of morpholine rings is 1. The topological polar surface area (TPSA) is 12.5 Å². The average Bonchev–Trinajstić information content (AvgIpc) is 2.31. The maximum absolute atomic E-state index is 5.47. The third-order valence-corrected chi connectivity index (χ3v) is 3.50. The van der Waals surface area contributed by atoms with Crippen LogP contribution < -0.4 is 0 Å². The molecule has 0 aromatic heterocycles. The van der Waals surface area contributed by atoms with Crippen LogP contribution in [0.1, 0.15) is 5.56 Å². The number of hydrogen-bond acceptors (Lipinski definition) is 2. The SMILES string of the molecule is BrC[C@H]1COCCN1Cc1ccccc1. The standard InChI is InChI=1S/C12H16BrNO/c13-8-12-10-15-7-6-14(12)9-11-4-2-1-3-5-11/h1-5,12H,6-10H2/t12-/m0/s1. The molecule has 0 unspecified atom stereocenters. The van der Waals surface area contributed by atoms with Crippen molar-refractivity contribution in [3.05, 3.63) is 35.9 Å². The second-order valence-corrected chi connectivity index (χ2v) is 4.49. The van der Waals surface area contributed by atoms with Crippen molar-refractivity contribution < 1.29 is 4.74 Å². The van der Waals surface area contributed by atoms with E-state index in [-0.39, 0.29) is 0 Å². The zero-order valence-electron chi connectivity index (χ0n) is 8.73. The zero-order valence-corrected chi connectivity index (χ0v) is 10.3. The van der Waals surface area contributed by atoms with E-state index in [1.807, 2.05) is 0 Å². The van der Waals surface area contributed by atoms with Crippen LogP contribution in [0.3, 0.4) is 0 Å². The smallest absolute Gasteiger partial charge is 0.0630 e. The molecule has 0 N–H and O–H groups in total. The van der Waals surface area contributed by atoms with E-state index >= 15 is 0 Å². The number of halogens is 1. The molecule has 1 atom stereocenters. The van der Waals surface area contributed by atoms with Crippen molar-refractivity contribution in [1.82, 2.24) is 4.90 Å². The molecule has 0 saturated carbocycles. The molecule has 3 heteroatoms. The monoisotopic (exact) mass is 269 g/mol. The minimum atomic E-state index is 0.513. The van der Waals surface area contributed by atoms with Gasteiger partial charge in [-0.05, 0) is 5.56 Å². The second kappa shape index (κ2) is 5.64.